The quantitative estimate of drug-likeness (QED) is 0.560. The molecule has 0 spiro atoms. The molecule has 2 saturated heterocycles. The molecule has 0 radical (unpaired) electrons. The van der Waals surface area contributed by atoms with E-state index in [9.17, 15) is 10.1 Å². The van der Waals surface area contributed by atoms with E-state index >= 15 is 0 Å². The van der Waals surface area contributed by atoms with Crippen LogP contribution >= 0.6 is 11.6 Å². The minimum atomic E-state index is -0.669. The van der Waals surface area contributed by atoms with Gasteiger partial charge in [-0.3, -0.25) is 9.69 Å². The van der Waals surface area contributed by atoms with Crippen molar-refractivity contribution in [1.82, 2.24) is 10.2 Å². The highest BCUT2D eigenvalue weighted by atomic mass is 35.5. The van der Waals surface area contributed by atoms with Crippen molar-refractivity contribution in [3.05, 3.63) is 71.0 Å². The largest absolute Gasteiger partial charge is 0.381 e. The van der Waals surface area contributed by atoms with Crippen molar-refractivity contribution < 1.29 is 9.53 Å². The van der Waals surface area contributed by atoms with Crippen molar-refractivity contribution in [2.45, 2.75) is 62.4 Å². The summed E-state index contributed by atoms with van der Waals surface area (Å²) in [5.74, 6) is 0.665. The molecule has 1 amide bonds. The zero-order valence-electron chi connectivity index (χ0n) is 20.1. The topological polar surface area (TPSA) is 77.4 Å². The summed E-state index contributed by atoms with van der Waals surface area (Å²) in [6, 6.07) is 16.5. The van der Waals surface area contributed by atoms with Gasteiger partial charge in [0.1, 0.15) is 5.82 Å². The first-order chi connectivity index (χ1) is 16.8. The average Bonchev–Trinajstić information content (AvgIpc) is 2.81. The van der Waals surface area contributed by atoms with Crippen molar-refractivity contribution in [2.24, 2.45) is 0 Å². The lowest BCUT2D eigenvalue weighted by Crippen LogP contribution is -2.57. The Morgan fingerprint density at radius 3 is 2.51 bits per heavy atom. The summed E-state index contributed by atoms with van der Waals surface area (Å²) in [5.41, 5.74) is 2.58. The molecule has 2 aliphatic heterocycles. The van der Waals surface area contributed by atoms with Crippen LogP contribution in [-0.2, 0) is 20.5 Å². The molecule has 0 bridgehead atoms. The molecular weight excluding hydrogens is 460 g/mol. The standard InChI is InChI=1S/C28H31ClN4O2/c1-19-32-27(2,17-25(34)33(19)22-11-15-35-16-12-22)23-5-3-6-24(26(23)29)31-21-9-7-20(8-10-21)28(18-30)13-4-14-28/h3,5-10,22,31-32H,1,4,11-17H2,2H3/t27-/m0/s1. The highest BCUT2D eigenvalue weighted by Crippen LogP contribution is 2.44. The van der Waals surface area contributed by atoms with Gasteiger partial charge in [-0.1, -0.05) is 42.4 Å². The molecule has 2 aromatic rings. The number of carbonyl (C=O) groups excluding carboxylic acids is 1. The van der Waals surface area contributed by atoms with Crippen LogP contribution in [0.2, 0.25) is 5.02 Å². The predicted octanol–water partition coefficient (Wildman–Crippen LogP) is 5.72. The molecule has 3 aliphatic rings. The number of nitrogens with one attached hydrogen (secondary N) is 2. The molecule has 7 heteroatoms. The van der Waals surface area contributed by atoms with Gasteiger partial charge in [-0.25, -0.2) is 0 Å². The number of carbonyl (C=O) groups is 1. The van der Waals surface area contributed by atoms with E-state index in [2.05, 4.69) is 23.3 Å². The van der Waals surface area contributed by atoms with Gasteiger partial charge >= 0.3 is 0 Å². The van der Waals surface area contributed by atoms with Crippen molar-refractivity contribution in [2.75, 3.05) is 18.5 Å². The third-order valence-electron chi connectivity index (χ3n) is 7.77. The van der Waals surface area contributed by atoms with E-state index < -0.39 is 5.54 Å². The number of rotatable bonds is 5. The van der Waals surface area contributed by atoms with E-state index in [1.807, 2.05) is 49.4 Å². The summed E-state index contributed by atoms with van der Waals surface area (Å²) in [6.07, 6.45) is 4.87. The molecule has 0 unspecified atom stereocenters. The summed E-state index contributed by atoms with van der Waals surface area (Å²) < 4.78 is 5.46. The zero-order valence-corrected chi connectivity index (χ0v) is 20.8. The number of benzene rings is 2. The van der Waals surface area contributed by atoms with Gasteiger partial charge < -0.3 is 15.4 Å². The lowest BCUT2D eigenvalue weighted by atomic mass is 9.65. The third kappa shape index (κ3) is 4.28. The number of anilines is 2. The number of ether oxygens (including phenoxy) is 1. The second-order valence-corrected chi connectivity index (χ2v) is 10.5. The summed E-state index contributed by atoms with van der Waals surface area (Å²) in [4.78, 5) is 15.1. The van der Waals surface area contributed by atoms with E-state index in [0.29, 0.717) is 24.1 Å². The van der Waals surface area contributed by atoms with Gasteiger partial charge in [0.05, 0.1) is 34.2 Å². The number of nitrogens with zero attached hydrogens (tertiary/aromatic N) is 2. The summed E-state index contributed by atoms with van der Waals surface area (Å²) in [7, 11) is 0. The third-order valence-corrected chi connectivity index (χ3v) is 8.18. The van der Waals surface area contributed by atoms with Gasteiger partial charge in [-0.15, -0.1) is 0 Å². The Kier molecular flexibility index (Phi) is 6.25. The van der Waals surface area contributed by atoms with Gasteiger partial charge in [0.2, 0.25) is 5.91 Å². The molecule has 1 aliphatic carbocycles. The molecule has 0 aromatic heterocycles. The fourth-order valence-electron chi connectivity index (χ4n) is 5.57. The lowest BCUT2D eigenvalue weighted by molar-refractivity contribution is -0.137. The van der Waals surface area contributed by atoms with Crippen LogP contribution < -0.4 is 10.6 Å². The molecule has 1 atom stereocenters. The minimum absolute atomic E-state index is 0.0515. The molecule has 182 valence electrons. The van der Waals surface area contributed by atoms with Gasteiger partial charge in [-0.2, -0.15) is 5.26 Å². The van der Waals surface area contributed by atoms with E-state index in [1.54, 1.807) is 4.90 Å². The van der Waals surface area contributed by atoms with Crippen LogP contribution in [0.4, 0.5) is 11.4 Å². The zero-order chi connectivity index (χ0) is 24.6. The van der Waals surface area contributed by atoms with E-state index in [1.165, 1.54) is 0 Å². The summed E-state index contributed by atoms with van der Waals surface area (Å²) in [5, 5.41) is 17.1. The highest BCUT2D eigenvalue weighted by molar-refractivity contribution is 6.34. The fourth-order valence-corrected chi connectivity index (χ4v) is 5.95. The molecular formula is C28H31ClN4O2. The van der Waals surface area contributed by atoms with Gasteiger partial charge in [0.15, 0.2) is 0 Å². The number of amides is 1. The maximum Gasteiger partial charge on any atom is 0.231 e. The summed E-state index contributed by atoms with van der Waals surface area (Å²) >= 11 is 6.90. The number of nitriles is 1. The lowest BCUT2D eigenvalue weighted by Gasteiger charge is -2.46. The van der Waals surface area contributed by atoms with E-state index in [0.717, 1.165) is 54.6 Å². The number of halogens is 1. The maximum absolute atomic E-state index is 13.3. The van der Waals surface area contributed by atoms with Crippen LogP contribution in [0.5, 0.6) is 0 Å². The van der Waals surface area contributed by atoms with Crippen LogP contribution in [0, 0.1) is 11.3 Å². The van der Waals surface area contributed by atoms with Gasteiger partial charge in [0.25, 0.3) is 0 Å². The van der Waals surface area contributed by atoms with Gasteiger partial charge in [-0.05, 0) is 68.4 Å². The van der Waals surface area contributed by atoms with Crippen LogP contribution in [0.3, 0.4) is 0 Å². The van der Waals surface area contributed by atoms with Crippen molar-refractivity contribution >= 4 is 28.9 Å². The highest BCUT2D eigenvalue weighted by Gasteiger charge is 2.42. The second kappa shape index (κ2) is 9.22. The molecule has 35 heavy (non-hydrogen) atoms. The fraction of sp³-hybridized carbons (Fsp3) is 0.429. The van der Waals surface area contributed by atoms with Crippen LogP contribution in [-0.4, -0.2) is 30.1 Å². The summed E-state index contributed by atoms with van der Waals surface area (Å²) in [6.45, 7) is 7.50. The predicted molar refractivity (Wildman–Crippen MR) is 137 cm³/mol. The van der Waals surface area contributed by atoms with Crippen LogP contribution in [0.25, 0.3) is 0 Å². The molecule has 2 aromatic carbocycles. The Morgan fingerprint density at radius 2 is 1.91 bits per heavy atom. The monoisotopic (exact) mass is 490 g/mol. The maximum atomic E-state index is 13.3. The number of hydrogen-bond acceptors (Lipinski definition) is 5. The second-order valence-electron chi connectivity index (χ2n) is 10.1. The first-order valence-corrected chi connectivity index (χ1v) is 12.7. The van der Waals surface area contributed by atoms with Crippen molar-refractivity contribution in [1.29, 1.82) is 5.26 Å². The molecule has 3 fully saturated rings. The van der Waals surface area contributed by atoms with Crippen molar-refractivity contribution in [3.8, 4) is 6.07 Å². The van der Waals surface area contributed by atoms with E-state index in [4.69, 9.17) is 16.3 Å². The molecule has 1 saturated carbocycles. The van der Waals surface area contributed by atoms with Crippen LogP contribution in [0.1, 0.15) is 56.6 Å². The Balaban J connectivity index is 1.35. The average molecular weight is 491 g/mol. The van der Waals surface area contributed by atoms with Crippen LogP contribution in [0.15, 0.2) is 54.9 Å². The smallest absolute Gasteiger partial charge is 0.231 e. The normalized spacial score (nSPS) is 24.3. The SMILES string of the molecule is C=C1N[C@](C)(c2cccc(Nc3ccc(C4(C#N)CCC4)cc3)c2Cl)CC(=O)N1C1CCOCC1. The van der Waals surface area contributed by atoms with Gasteiger partial charge in [0, 0.05) is 24.9 Å². The van der Waals surface area contributed by atoms with Crippen molar-refractivity contribution in [3.63, 3.8) is 0 Å². The Hall–Kier alpha value is -3.01. The Morgan fingerprint density at radius 1 is 1.20 bits per heavy atom. The molecule has 6 nitrogen and oxygen atoms in total. The minimum Gasteiger partial charge on any atom is -0.381 e. The molecule has 5 rings (SSSR count). The number of hydrogen-bond donors (Lipinski definition) is 2. The van der Waals surface area contributed by atoms with E-state index in [-0.39, 0.29) is 23.8 Å². The first-order valence-electron chi connectivity index (χ1n) is 12.3. The molecule has 2 N–H and O–H groups in total. The first kappa shape index (κ1) is 23.7. The molecule has 2 heterocycles. The Labute approximate surface area is 211 Å². The Bertz CT molecular complexity index is 1160.